The molecule has 2 nitrogen and oxygen atoms in total. The monoisotopic (exact) mass is 320 g/mol. The lowest BCUT2D eigenvalue weighted by atomic mass is 9.78. The predicted molar refractivity (Wildman–Crippen MR) is 103 cm³/mol. The molecular weight excluding hydrogens is 292 g/mol. The van der Waals surface area contributed by atoms with Gasteiger partial charge in [0.1, 0.15) is 0 Å². The van der Waals surface area contributed by atoms with Crippen LogP contribution in [0.2, 0.25) is 0 Å². The summed E-state index contributed by atoms with van der Waals surface area (Å²) < 4.78 is 0. The summed E-state index contributed by atoms with van der Waals surface area (Å²) in [5, 5.41) is 0. The van der Waals surface area contributed by atoms with Crippen molar-refractivity contribution in [2.75, 3.05) is 13.6 Å². The van der Waals surface area contributed by atoms with Crippen molar-refractivity contribution >= 4 is 12.0 Å². The maximum Gasteiger partial charge on any atom is 0.0909 e. The van der Waals surface area contributed by atoms with E-state index in [0.29, 0.717) is 5.92 Å². The molecule has 1 unspecified atom stereocenters. The Morgan fingerprint density at radius 2 is 1.96 bits per heavy atom. The third kappa shape index (κ3) is 3.53. The fourth-order valence-electron chi connectivity index (χ4n) is 3.57. The highest BCUT2D eigenvalue weighted by Gasteiger charge is 2.23. The van der Waals surface area contributed by atoms with E-state index in [1.165, 1.54) is 41.5 Å². The molecule has 0 spiro atoms. The van der Waals surface area contributed by atoms with Crippen molar-refractivity contribution in [1.29, 1.82) is 0 Å². The molecule has 24 heavy (non-hydrogen) atoms. The van der Waals surface area contributed by atoms with Crippen molar-refractivity contribution in [3.63, 3.8) is 0 Å². The van der Waals surface area contributed by atoms with Crippen molar-refractivity contribution in [3.05, 3.63) is 64.7 Å². The van der Waals surface area contributed by atoms with Gasteiger partial charge in [0.15, 0.2) is 0 Å². The highest BCUT2D eigenvalue weighted by molar-refractivity contribution is 5.65. The standard InChI is InChI=1S/C22H28N2/c1-4-17-14-21-19(15-22(17)23-16-24(3)5-2)12-9-13-20(21)18-10-7-6-8-11-18/h6-8,10-11,14-16,20H,4-5,9,12-13H2,1-3H3. The van der Waals surface area contributed by atoms with E-state index in [0.717, 1.165) is 18.7 Å². The van der Waals surface area contributed by atoms with Crippen LogP contribution in [0.15, 0.2) is 47.5 Å². The fourth-order valence-corrected chi connectivity index (χ4v) is 3.57. The summed E-state index contributed by atoms with van der Waals surface area (Å²) in [6.45, 7) is 5.35. The number of aliphatic imine (C=N–C) groups is 1. The minimum absolute atomic E-state index is 0.539. The van der Waals surface area contributed by atoms with E-state index in [4.69, 9.17) is 4.99 Å². The quantitative estimate of drug-likeness (QED) is 0.537. The molecule has 0 N–H and O–H groups in total. The fraction of sp³-hybridized carbons (Fsp3) is 0.409. The molecule has 0 saturated heterocycles. The van der Waals surface area contributed by atoms with E-state index in [1.807, 2.05) is 6.34 Å². The van der Waals surface area contributed by atoms with E-state index in [1.54, 1.807) is 0 Å². The number of benzene rings is 2. The highest BCUT2D eigenvalue weighted by atomic mass is 15.1. The number of hydrogen-bond acceptors (Lipinski definition) is 1. The average molecular weight is 320 g/mol. The lowest BCUT2D eigenvalue weighted by molar-refractivity contribution is 0.552. The van der Waals surface area contributed by atoms with Crippen LogP contribution in [0.3, 0.4) is 0 Å². The summed E-state index contributed by atoms with van der Waals surface area (Å²) in [7, 11) is 2.07. The Hall–Kier alpha value is -2.09. The number of aryl methyl sites for hydroxylation is 2. The van der Waals surface area contributed by atoms with E-state index < -0.39 is 0 Å². The molecule has 3 rings (SSSR count). The predicted octanol–water partition coefficient (Wildman–Crippen LogP) is 5.33. The van der Waals surface area contributed by atoms with E-state index in [-0.39, 0.29) is 0 Å². The first kappa shape index (κ1) is 16.8. The van der Waals surface area contributed by atoms with Gasteiger partial charge in [-0.15, -0.1) is 0 Å². The molecule has 2 aromatic carbocycles. The van der Waals surface area contributed by atoms with Crippen LogP contribution in [-0.4, -0.2) is 24.8 Å². The van der Waals surface area contributed by atoms with Gasteiger partial charge in [0.2, 0.25) is 0 Å². The molecule has 0 aromatic heterocycles. The van der Waals surface area contributed by atoms with Gasteiger partial charge >= 0.3 is 0 Å². The lowest BCUT2D eigenvalue weighted by Crippen LogP contribution is -2.14. The Kier molecular flexibility index (Phi) is 5.34. The molecule has 2 aromatic rings. The maximum atomic E-state index is 4.75. The van der Waals surface area contributed by atoms with Gasteiger partial charge in [0.25, 0.3) is 0 Å². The summed E-state index contributed by atoms with van der Waals surface area (Å²) >= 11 is 0. The third-order valence-corrected chi connectivity index (χ3v) is 5.13. The minimum atomic E-state index is 0.539. The van der Waals surface area contributed by atoms with Crippen LogP contribution in [0.4, 0.5) is 5.69 Å². The van der Waals surface area contributed by atoms with E-state index >= 15 is 0 Å². The second-order valence-electron chi connectivity index (χ2n) is 6.71. The van der Waals surface area contributed by atoms with Crippen LogP contribution >= 0.6 is 0 Å². The molecule has 1 atom stereocenters. The van der Waals surface area contributed by atoms with Gasteiger partial charge in [0.05, 0.1) is 12.0 Å². The summed E-state index contributed by atoms with van der Waals surface area (Å²) in [5.41, 5.74) is 6.95. The van der Waals surface area contributed by atoms with Crippen LogP contribution in [0.5, 0.6) is 0 Å². The Bertz CT molecular complexity index is 703. The van der Waals surface area contributed by atoms with Gasteiger partial charge in [-0.3, -0.25) is 0 Å². The third-order valence-electron chi connectivity index (χ3n) is 5.13. The molecule has 0 amide bonds. The molecule has 2 heteroatoms. The first-order valence-corrected chi connectivity index (χ1v) is 9.18. The highest BCUT2D eigenvalue weighted by Crippen LogP contribution is 2.39. The number of fused-ring (bicyclic) bond motifs is 1. The van der Waals surface area contributed by atoms with Crippen LogP contribution in [-0.2, 0) is 12.8 Å². The van der Waals surface area contributed by atoms with E-state index in [9.17, 15) is 0 Å². The molecule has 0 aliphatic heterocycles. The maximum absolute atomic E-state index is 4.75. The van der Waals surface area contributed by atoms with Crippen LogP contribution in [0.25, 0.3) is 0 Å². The van der Waals surface area contributed by atoms with Crippen LogP contribution < -0.4 is 0 Å². The first-order chi connectivity index (χ1) is 11.7. The number of hydrogen-bond donors (Lipinski definition) is 0. The zero-order valence-electron chi connectivity index (χ0n) is 15.1. The average Bonchev–Trinajstić information content (AvgIpc) is 2.65. The van der Waals surface area contributed by atoms with Crippen molar-refractivity contribution in [3.8, 4) is 0 Å². The Morgan fingerprint density at radius 1 is 1.17 bits per heavy atom. The lowest BCUT2D eigenvalue weighted by Gasteiger charge is -2.27. The van der Waals surface area contributed by atoms with Crippen LogP contribution in [0.1, 0.15) is 54.9 Å². The van der Waals surface area contributed by atoms with Gasteiger partial charge < -0.3 is 4.90 Å². The van der Waals surface area contributed by atoms with Gasteiger partial charge in [0, 0.05) is 19.5 Å². The second kappa shape index (κ2) is 7.65. The van der Waals surface area contributed by atoms with Gasteiger partial charge in [-0.25, -0.2) is 4.99 Å². The molecular formula is C22H28N2. The first-order valence-electron chi connectivity index (χ1n) is 9.18. The summed E-state index contributed by atoms with van der Waals surface area (Å²) in [4.78, 5) is 6.87. The largest absolute Gasteiger partial charge is 0.366 e. The normalized spacial score (nSPS) is 17.0. The van der Waals surface area contributed by atoms with Crippen molar-refractivity contribution in [2.45, 2.75) is 45.4 Å². The molecule has 0 fully saturated rings. The molecule has 126 valence electrons. The van der Waals surface area contributed by atoms with Gasteiger partial charge in [-0.2, -0.15) is 0 Å². The van der Waals surface area contributed by atoms with Gasteiger partial charge in [-0.05, 0) is 60.9 Å². The summed E-state index contributed by atoms with van der Waals surface area (Å²) in [6, 6.07) is 15.7. The minimum Gasteiger partial charge on any atom is -0.366 e. The zero-order valence-corrected chi connectivity index (χ0v) is 15.1. The SMILES string of the molecule is CCc1cc2c(cc1N=CN(C)CC)CCCC2c1ccccc1. The second-order valence-corrected chi connectivity index (χ2v) is 6.71. The number of nitrogens with zero attached hydrogens (tertiary/aromatic N) is 2. The topological polar surface area (TPSA) is 15.6 Å². The molecule has 0 radical (unpaired) electrons. The Morgan fingerprint density at radius 3 is 2.67 bits per heavy atom. The van der Waals surface area contributed by atoms with Gasteiger partial charge in [-0.1, -0.05) is 43.3 Å². The summed E-state index contributed by atoms with van der Waals surface area (Å²) in [5.74, 6) is 0.539. The zero-order chi connectivity index (χ0) is 16.9. The van der Waals surface area contributed by atoms with Crippen molar-refractivity contribution < 1.29 is 0 Å². The Labute approximate surface area is 146 Å². The molecule has 1 aliphatic carbocycles. The van der Waals surface area contributed by atoms with E-state index in [2.05, 4.69) is 68.3 Å². The molecule has 1 aliphatic rings. The molecule has 0 saturated carbocycles. The summed E-state index contributed by atoms with van der Waals surface area (Å²) in [6.07, 6.45) is 6.67. The van der Waals surface area contributed by atoms with Crippen molar-refractivity contribution in [1.82, 2.24) is 4.90 Å². The molecule has 0 heterocycles. The Balaban J connectivity index is 2.00. The molecule has 0 bridgehead atoms. The van der Waals surface area contributed by atoms with Crippen molar-refractivity contribution in [2.24, 2.45) is 4.99 Å². The number of rotatable bonds is 5. The van der Waals surface area contributed by atoms with Crippen LogP contribution in [0, 0.1) is 0 Å². The smallest absolute Gasteiger partial charge is 0.0909 e.